The van der Waals surface area contributed by atoms with Gasteiger partial charge in [0.25, 0.3) is 0 Å². The van der Waals surface area contributed by atoms with Crippen LogP contribution in [0.2, 0.25) is 0 Å². The third kappa shape index (κ3) is 4.75. The van der Waals surface area contributed by atoms with Crippen LogP contribution in [0.4, 0.5) is 0 Å². The fourth-order valence-electron chi connectivity index (χ4n) is 1.76. The minimum absolute atomic E-state index is 0.149. The number of likely N-dealkylation sites (N-methyl/N-ethyl adjacent to an activating group) is 1. The summed E-state index contributed by atoms with van der Waals surface area (Å²) in [4.78, 5) is 13.3. The first-order chi connectivity index (χ1) is 8.93. The second kappa shape index (κ2) is 6.95. The van der Waals surface area contributed by atoms with Crippen LogP contribution in [-0.2, 0) is 4.79 Å². The summed E-state index contributed by atoms with van der Waals surface area (Å²) in [5, 5.41) is 9.24. The molecule has 1 amide bonds. The molecule has 0 bridgehead atoms. The van der Waals surface area contributed by atoms with Crippen LogP contribution in [0.25, 0.3) is 6.08 Å². The van der Waals surface area contributed by atoms with Gasteiger partial charge in [-0.2, -0.15) is 0 Å². The Morgan fingerprint density at radius 3 is 2.79 bits per heavy atom. The van der Waals surface area contributed by atoms with Crippen molar-refractivity contribution < 1.29 is 14.6 Å². The topological polar surface area (TPSA) is 49.8 Å². The minimum Gasteiger partial charge on any atom is -0.496 e. The summed E-state index contributed by atoms with van der Waals surface area (Å²) >= 11 is 0. The second-order valence-electron chi connectivity index (χ2n) is 4.65. The molecule has 0 aliphatic rings. The lowest BCUT2D eigenvalue weighted by Gasteiger charge is -2.16. The molecule has 0 fully saturated rings. The van der Waals surface area contributed by atoms with Crippen LogP contribution in [0.5, 0.6) is 5.75 Å². The van der Waals surface area contributed by atoms with Crippen molar-refractivity contribution in [3.63, 3.8) is 0 Å². The number of carbonyl (C=O) groups excluding carboxylic acids is 1. The number of hydrogen-bond acceptors (Lipinski definition) is 3. The van der Waals surface area contributed by atoms with Crippen molar-refractivity contribution in [3.8, 4) is 5.75 Å². The molecular weight excluding hydrogens is 242 g/mol. The van der Waals surface area contributed by atoms with Crippen LogP contribution < -0.4 is 4.74 Å². The summed E-state index contributed by atoms with van der Waals surface area (Å²) in [6, 6.07) is 5.79. The molecule has 1 N–H and O–H groups in total. The van der Waals surface area contributed by atoms with Gasteiger partial charge in [0.15, 0.2) is 0 Å². The van der Waals surface area contributed by atoms with Gasteiger partial charge in [-0.15, -0.1) is 0 Å². The Balaban J connectivity index is 2.81. The molecule has 1 atom stereocenters. The highest BCUT2D eigenvalue weighted by molar-refractivity contribution is 5.92. The van der Waals surface area contributed by atoms with Gasteiger partial charge < -0.3 is 14.7 Å². The Kier molecular flexibility index (Phi) is 5.57. The lowest BCUT2D eigenvalue weighted by molar-refractivity contribution is -0.125. The van der Waals surface area contributed by atoms with Crippen molar-refractivity contribution in [2.45, 2.75) is 20.0 Å². The van der Waals surface area contributed by atoms with Crippen molar-refractivity contribution in [3.05, 3.63) is 35.4 Å². The van der Waals surface area contributed by atoms with Crippen LogP contribution in [0.15, 0.2) is 24.3 Å². The number of methoxy groups -OCH3 is 1. The fourth-order valence-corrected chi connectivity index (χ4v) is 1.76. The molecule has 0 spiro atoms. The predicted octanol–water partition coefficient (Wildman–Crippen LogP) is 1.86. The molecule has 0 saturated heterocycles. The van der Waals surface area contributed by atoms with Crippen LogP contribution in [0.1, 0.15) is 18.1 Å². The summed E-state index contributed by atoms with van der Waals surface area (Å²) in [5.41, 5.74) is 1.96. The van der Waals surface area contributed by atoms with Gasteiger partial charge in [0, 0.05) is 25.2 Å². The van der Waals surface area contributed by atoms with Crippen molar-refractivity contribution in [1.29, 1.82) is 0 Å². The lowest BCUT2D eigenvalue weighted by Crippen LogP contribution is -2.31. The van der Waals surface area contributed by atoms with Gasteiger partial charge >= 0.3 is 0 Å². The van der Waals surface area contributed by atoms with Crippen LogP contribution in [0, 0.1) is 6.92 Å². The number of rotatable bonds is 5. The molecule has 4 heteroatoms. The van der Waals surface area contributed by atoms with Crippen LogP contribution in [0.3, 0.4) is 0 Å². The van der Waals surface area contributed by atoms with Crippen molar-refractivity contribution in [2.24, 2.45) is 0 Å². The molecule has 0 aliphatic heterocycles. The zero-order valence-corrected chi connectivity index (χ0v) is 11.9. The van der Waals surface area contributed by atoms with E-state index in [0.29, 0.717) is 6.54 Å². The number of aliphatic hydroxyl groups is 1. The van der Waals surface area contributed by atoms with E-state index in [1.165, 1.54) is 11.0 Å². The van der Waals surface area contributed by atoms with Crippen molar-refractivity contribution in [2.75, 3.05) is 20.7 Å². The number of hydrogen-bond donors (Lipinski definition) is 1. The number of benzene rings is 1. The van der Waals surface area contributed by atoms with E-state index >= 15 is 0 Å². The molecule has 0 aliphatic carbocycles. The summed E-state index contributed by atoms with van der Waals surface area (Å²) in [7, 11) is 3.26. The second-order valence-corrected chi connectivity index (χ2v) is 4.65. The maximum atomic E-state index is 11.8. The van der Waals surface area contributed by atoms with E-state index in [9.17, 15) is 9.90 Å². The molecule has 1 rings (SSSR count). The number of aliphatic hydroxyl groups excluding tert-OH is 1. The summed E-state index contributed by atoms with van der Waals surface area (Å²) < 4.78 is 5.24. The Hall–Kier alpha value is -1.81. The Bertz CT molecular complexity index is 466. The van der Waals surface area contributed by atoms with Gasteiger partial charge in [-0.05, 0) is 32.1 Å². The molecule has 0 saturated carbocycles. The SMILES string of the molecule is COc1ccc(C)cc1C=CC(=O)N(C)CC(C)O. The molecule has 1 aromatic rings. The van der Waals surface area contributed by atoms with Gasteiger partial charge in [0.05, 0.1) is 13.2 Å². The highest BCUT2D eigenvalue weighted by Crippen LogP contribution is 2.20. The quantitative estimate of drug-likeness (QED) is 0.825. The molecular formula is C15H21NO3. The molecule has 1 aromatic carbocycles. The number of carbonyl (C=O) groups is 1. The zero-order chi connectivity index (χ0) is 14.4. The molecule has 4 nitrogen and oxygen atoms in total. The summed E-state index contributed by atoms with van der Waals surface area (Å²) in [6.45, 7) is 3.95. The molecule has 19 heavy (non-hydrogen) atoms. The standard InChI is InChI=1S/C15H21NO3/c1-11-5-7-14(19-4)13(9-11)6-8-15(18)16(3)10-12(2)17/h5-9,12,17H,10H2,1-4H3. The molecule has 1 unspecified atom stereocenters. The van der Waals surface area contributed by atoms with E-state index in [1.807, 2.05) is 25.1 Å². The van der Waals surface area contributed by atoms with Crippen molar-refractivity contribution in [1.82, 2.24) is 4.90 Å². The highest BCUT2D eigenvalue weighted by atomic mass is 16.5. The molecule has 0 radical (unpaired) electrons. The van der Waals surface area contributed by atoms with Gasteiger partial charge in [0.2, 0.25) is 5.91 Å². The zero-order valence-electron chi connectivity index (χ0n) is 11.9. The van der Waals surface area contributed by atoms with Crippen molar-refractivity contribution >= 4 is 12.0 Å². The first-order valence-electron chi connectivity index (χ1n) is 6.20. The monoisotopic (exact) mass is 263 g/mol. The third-order valence-corrected chi connectivity index (χ3v) is 2.70. The van der Waals surface area contributed by atoms with E-state index < -0.39 is 6.10 Å². The summed E-state index contributed by atoms with van der Waals surface area (Å²) in [5.74, 6) is 0.581. The maximum Gasteiger partial charge on any atom is 0.246 e. The highest BCUT2D eigenvalue weighted by Gasteiger charge is 2.08. The number of ether oxygens (including phenoxy) is 1. The molecule has 0 heterocycles. The van der Waals surface area contributed by atoms with E-state index in [4.69, 9.17) is 4.74 Å². The molecule has 0 aromatic heterocycles. The van der Waals surface area contributed by atoms with E-state index in [2.05, 4.69) is 0 Å². The average Bonchev–Trinajstić information content (AvgIpc) is 2.35. The Morgan fingerprint density at radius 1 is 1.53 bits per heavy atom. The van der Waals surface area contributed by atoms with Crippen LogP contribution >= 0.6 is 0 Å². The van der Waals surface area contributed by atoms with Gasteiger partial charge in [-0.3, -0.25) is 4.79 Å². The molecule has 104 valence electrons. The first-order valence-corrected chi connectivity index (χ1v) is 6.20. The fraction of sp³-hybridized carbons (Fsp3) is 0.400. The lowest BCUT2D eigenvalue weighted by atomic mass is 10.1. The van der Waals surface area contributed by atoms with Crippen LogP contribution in [-0.4, -0.2) is 42.7 Å². The van der Waals surface area contributed by atoms with Gasteiger partial charge in [-0.25, -0.2) is 0 Å². The van der Waals surface area contributed by atoms with E-state index in [1.54, 1.807) is 27.2 Å². The first kappa shape index (κ1) is 15.2. The van der Waals surface area contributed by atoms with Gasteiger partial charge in [-0.1, -0.05) is 11.6 Å². The van der Waals surface area contributed by atoms with E-state index in [-0.39, 0.29) is 5.91 Å². The minimum atomic E-state index is -0.532. The maximum absolute atomic E-state index is 11.8. The average molecular weight is 263 g/mol. The summed E-state index contributed by atoms with van der Waals surface area (Å²) in [6.07, 6.45) is 2.68. The normalized spacial score (nSPS) is 12.5. The third-order valence-electron chi connectivity index (χ3n) is 2.70. The number of aryl methyl sites for hydroxylation is 1. The van der Waals surface area contributed by atoms with E-state index in [0.717, 1.165) is 16.9 Å². The number of amides is 1. The number of nitrogens with zero attached hydrogens (tertiary/aromatic N) is 1. The predicted molar refractivity (Wildman–Crippen MR) is 76.1 cm³/mol. The smallest absolute Gasteiger partial charge is 0.246 e. The van der Waals surface area contributed by atoms with Gasteiger partial charge in [0.1, 0.15) is 5.75 Å². The Morgan fingerprint density at radius 2 is 2.21 bits per heavy atom. The Labute approximate surface area is 114 Å². The largest absolute Gasteiger partial charge is 0.496 e.